The van der Waals surface area contributed by atoms with Crippen molar-refractivity contribution in [3.05, 3.63) is 72.4 Å². The van der Waals surface area contributed by atoms with Crippen LogP contribution >= 0.6 is 0 Å². The SMILES string of the molecule is CC1=[C-]CC=C1.C[C](C)=[Zr+2].[C-]1=CC=CC1.[C-]1=CC=CC1.[Cl-].[Cl-]. The first-order chi connectivity index (χ1) is 9.63. The molecule has 0 nitrogen and oxygen atoms in total. The van der Waals surface area contributed by atoms with Gasteiger partial charge in [-0.15, -0.1) is 19.3 Å². The molecule has 0 amide bonds. The molecule has 0 fully saturated rings. The summed E-state index contributed by atoms with van der Waals surface area (Å²) in [6.45, 7) is 6.31. The molecule has 0 unspecified atom stereocenters. The first-order valence-corrected chi connectivity index (χ1v) is 8.05. The van der Waals surface area contributed by atoms with E-state index in [1.165, 1.54) is 8.78 Å². The molecular formula is C19H23Cl2Zr-3. The van der Waals surface area contributed by atoms with Crippen molar-refractivity contribution in [2.45, 2.75) is 40.0 Å². The molecule has 0 heterocycles. The maximum absolute atomic E-state index is 3.12. The zero-order valence-corrected chi connectivity index (χ0v) is 17.5. The minimum atomic E-state index is 0. The molecule has 0 aromatic carbocycles. The molecule has 3 heteroatoms. The second kappa shape index (κ2) is 20.8. The van der Waals surface area contributed by atoms with Crippen LogP contribution in [0.15, 0.2) is 54.2 Å². The van der Waals surface area contributed by atoms with E-state index < -0.39 is 0 Å². The van der Waals surface area contributed by atoms with Crippen molar-refractivity contribution in [2.24, 2.45) is 0 Å². The van der Waals surface area contributed by atoms with Gasteiger partial charge in [-0.3, -0.25) is 18.2 Å². The largest absolute Gasteiger partial charge is 1.00 e. The van der Waals surface area contributed by atoms with Crippen LogP contribution in [0.1, 0.15) is 40.0 Å². The number of allylic oxidation sites excluding steroid dienone is 12. The normalized spacial score (nSPS) is 14.3. The third-order valence-corrected chi connectivity index (χ3v) is 2.04. The molecule has 120 valence electrons. The van der Waals surface area contributed by atoms with Crippen LogP contribution in [0.4, 0.5) is 0 Å². The summed E-state index contributed by atoms with van der Waals surface area (Å²) in [7, 11) is 0. The fourth-order valence-corrected chi connectivity index (χ4v) is 1.19. The Morgan fingerprint density at radius 3 is 1.45 bits per heavy atom. The summed E-state index contributed by atoms with van der Waals surface area (Å²) in [5, 5.41) is 0. The molecule has 3 rings (SSSR count). The van der Waals surface area contributed by atoms with Crippen molar-refractivity contribution in [3.8, 4) is 0 Å². The topological polar surface area (TPSA) is 0 Å². The van der Waals surface area contributed by atoms with Crippen LogP contribution in [0.25, 0.3) is 0 Å². The van der Waals surface area contributed by atoms with Crippen molar-refractivity contribution < 1.29 is 49.0 Å². The average molecular weight is 414 g/mol. The van der Waals surface area contributed by atoms with E-state index in [-0.39, 0.29) is 24.8 Å². The third-order valence-electron chi connectivity index (χ3n) is 2.04. The summed E-state index contributed by atoms with van der Waals surface area (Å²) in [5.41, 5.74) is 1.27. The van der Waals surface area contributed by atoms with E-state index in [2.05, 4.69) is 63.3 Å². The fourth-order valence-electron chi connectivity index (χ4n) is 1.19. The fraction of sp³-hybridized carbons (Fsp3) is 0.316. The van der Waals surface area contributed by atoms with Gasteiger partial charge in [0.15, 0.2) is 0 Å². The Morgan fingerprint density at radius 1 is 0.909 bits per heavy atom. The predicted molar refractivity (Wildman–Crippen MR) is 85.7 cm³/mol. The molecule has 0 aromatic heterocycles. The van der Waals surface area contributed by atoms with E-state index in [0.717, 1.165) is 19.3 Å². The Bertz CT molecular complexity index is 390. The summed E-state index contributed by atoms with van der Waals surface area (Å²) >= 11 is 1.55. The van der Waals surface area contributed by atoms with Crippen molar-refractivity contribution >= 4 is 3.21 Å². The average Bonchev–Trinajstić information content (AvgIpc) is 3.17. The van der Waals surface area contributed by atoms with Gasteiger partial charge in [0.25, 0.3) is 0 Å². The Balaban J connectivity index is -0.000000215. The van der Waals surface area contributed by atoms with Crippen LogP contribution < -0.4 is 24.8 Å². The molecule has 0 radical (unpaired) electrons. The van der Waals surface area contributed by atoms with Gasteiger partial charge in [-0.1, -0.05) is 6.92 Å². The zero-order chi connectivity index (χ0) is 15.1. The minimum absolute atomic E-state index is 0. The molecule has 0 saturated carbocycles. The molecule has 0 spiro atoms. The van der Waals surface area contributed by atoms with Crippen LogP contribution in [0.5, 0.6) is 0 Å². The van der Waals surface area contributed by atoms with Gasteiger partial charge in [0, 0.05) is 0 Å². The minimum Gasteiger partial charge on any atom is -1.00 e. The van der Waals surface area contributed by atoms with Crippen LogP contribution in [-0.4, -0.2) is 3.21 Å². The Labute approximate surface area is 164 Å². The molecule has 0 aromatic rings. The molecule has 0 bridgehead atoms. The number of hydrogen-bond donors (Lipinski definition) is 0. The van der Waals surface area contributed by atoms with Crippen LogP contribution in [0.3, 0.4) is 0 Å². The van der Waals surface area contributed by atoms with Crippen molar-refractivity contribution in [1.82, 2.24) is 0 Å². The number of halogens is 2. The monoisotopic (exact) mass is 411 g/mol. The Morgan fingerprint density at radius 2 is 1.36 bits per heavy atom. The van der Waals surface area contributed by atoms with E-state index in [1.54, 1.807) is 24.2 Å². The number of hydrogen-bond acceptors (Lipinski definition) is 0. The van der Waals surface area contributed by atoms with E-state index in [4.69, 9.17) is 0 Å². The van der Waals surface area contributed by atoms with Crippen molar-refractivity contribution in [3.63, 3.8) is 0 Å². The molecule has 3 aliphatic carbocycles. The van der Waals surface area contributed by atoms with E-state index >= 15 is 0 Å². The Kier molecular flexibility index (Phi) is 25.2. The second-order valence-corrected chi connectivity index (χ2v) is 6.93. The summed E-state index contributed by atoms with van der Waals surface area (Å²) in [5.74, 6) is 0. The standard InChI is InChI=1S/C6H7.2C5H5.C3H6.2ClH.Zr/c1-6-4-2-3-5-6;2*1-2-4-5-3-1;1-3-2;;;/h2,4H,3H2,1H3;2*1-3H,4H2;1-2H3;2*1H;/q3*-1;;;;+2/p-2. The number of rotatable bonds is 0. The molecule has 0 atom stereocenters. The maximum atomic E-state index is 3.12. The van der Waals surface area contributed by atoms with Gasteiger partial charge in [0.05, 0.1) is 0 Å². The van der Waals surface area contributed by atoms with Crippen LogP contribution in [0.2, 0.25) is 0 Å². The van der Waals surface area contributed by atoms with Gasteiger partial charge >= 0.3 is 41.3 Å². The van der Waals surface area contributed by atoms with Gasteiger partial charge in [-0.25, -0.2) is 36.0 Å². The van der Waals surface area contributed by atoms with E-state index in [9.17, 15) is 0 Å². The smallest absolute Gasteiger partial charge is 0.109 e. The van der Waals surface area contributed by atoms with Gasteiger partial charge in [0.1, 0.15) is 0 Å². The molecular weight excluding hydrogens is 390 g/mol. The predicted octanol–water partition coefficient (Wildman–Crippen LogP) is -0.939. The van der Waals surface area contributed by atoms with Gasteiger partial charge in [-0.2, -0.15) is 18.2 Å². The summed E-state index contributed by atoms with van der Waals surface area (Å²) in [4.78, 5) is 0. The molecule has 0 saturated heterocycles. The van der Waals surface area contributed by atoms with E-state index in [0.29, 0.717) is 0 Å². The van der Waals surface area contributed by atoms with Gasteiger partial charge in [-0.05, 0) is 0 Å². The van der Waals surface area contributed by atoms with Crippen molar-refractivity contribution in [1.29, 1.82) is 0 Å². The molecule has 0 aliphatic heterocycles. The summed E-state index contributed by atoms with van der Waals surface area (Å²) in [6, 6.07) is 0. The summed E-state index contributed by atoms with van der Waals surface area (Å²) < 4.78 is 1.51. The van der Waals surface area contributed by atoms with Gasteiger partial charge in [0.2, 0.25) is 0 Å². The quantitative estimate of drug-likeness (QED) is 0.450. The zero-order valence-electron chi connectivity index (χ0n) is 13.5. The molecule has 3 aliphatic rings. The van der Waals surface area contributed by atoms with Gasteiger partial charge < -0.3 is 24.8 Å². The summed E-state index contributed by atoms with van der Waals surface area (Å²) in [6.07, 6.45) is 28.3. The second-order valence-electron chi connectivity index (χ2n) is 4.47. The van der Waals surface area contributed by atoms with Crippen LogP contribution in [-0.2, 0) is 24.2 Å². The molecule has 22 heavy (non-hydrogen) atoms. The van der Waals surface area contributed by atoms with Crippen LogP contribution in [0, 0.1) is 18.2 Å². The third kappa shape index (κ3) is 24.8. The van der Waals surface area contributed by atoms with E-state index in [1.807, 2.05) is 24.3 Å². The molecule has 0 N–H and O–H groups in total. The first kappa shape index (κ1) is 26.7. The van der Waals surface area contributed by atoms with Crippen molar-refractivity contribution in [2.75, 3.05) is 0 Å². The first-order valence-electron chi connectivity index (χ1n) is 6.82. The maximum Gasteiger partial charge on any atom is -0.109 e. The Hall–Kier alpha value is -0.227.